The zero-order valence-corrected chi connectivity index (χ0v) is 15.3. The minimum atomic E-state index is 0.190. The molecular formula is C19H32N4O. The van der Waals surface area contributed by atoms with E-state index in [1.54, 1.807) is 7.11 Å². The van der Waals surface area contributed by atoms with E-state index in [0.29, 0.717) is 18.5 Å². The molecule has 0 spiro atoms. The largest absolute Gasteiger partial charge is 0.383 e. The molecule has 0 bridgehead atoms. The molecule has 1 aromatic carbocycles. The molecule has 1 saturated heterocycles. The van der Waals surface area contributed by atoms with Crippen molar-refractivity contribution >= 4 is 5.96 Å². The molecule has 0 saturated carbocycles. The van der Waals surface area contributed by atoms with Gasteiger partial charge in [0.1, 0.15) is 0 Å². The number of guanidine groups is 1. The second-order valence-electron chi connectivity index (χ2n) is 6.93. The van der Waals surface area contributed by atoms with Crippen LogP contribution in [0.25, 0.3) is 0 Å². The number of hydrogen-bond acceptors (Lipinski definition) is 3. The molecule has 1 aliphatic rings. The maximum absolute atomic E-state index is 5.94. The third-order valence-corrected chi connectivity index (χ3v) is 4.56. The van der Waals surface area contributed by atoms with E-state index in [1.807, 2.05) is 6.92 Å². The van der Waals surface area contributed by atoms with Gasteiger partial charge in [0.25, 0.3) is 0 Å². The molecule has 0 aromatic heterocycles. The highest BCUT2D eigenvalue weighted by molar-refractivity contribution is 5.78. The molecule has 1 atom stereocenters. The van der Waals surface area contributed by atoms with Crippen molar-refractivity contribution in [3.8, 4) is 0 Å². The maximum atomic E-state index is 5.94. The lowest BCUT2D eigenvalue weighted by atomic mass is 9.96. The number of methoxy groups -OCH3 is 1. The normalized spacial score (nSPS) is 18.5. The predicted octanol–water partition coefficient (Wildman–Crippen LogP) is 2.15. The zero-order valence-electron chi connectivity index (χ0n) is 15.3. The van der Waals surface area contributed by atoms with Gasteiger partial charge in [-0.3, -0.25) is 9.89 Å². The number of hydrogen-bond donors (Lipinski definition) is 2. The smallest absolute Gasteiger partial charge is 0.188 e. The SMILES string of the molecule is COCC(C)NC(N)=NCC1CCN(Cc2ccc(C)cc2)CC1. The van der Waals surface area contributed by atoms with Gasteiger partial charge in [0.15, 0.2) is 5.96 Å². The van der Waals surface area contributed by atoms with Crippen LogP contribution >= 0.6 is 0 Å². The molecule has 0 radical (unpaired) electrons. The van der Waals surface area contributed by atoms with Crippen molar-refractivity contribution < 1.29 is 4.74 Å². The molecule has 0 aliphatic carbocycles. The Kier molecular flexibility index (Phi) is 7.53. The van der Waals surface area contributed by atoms with Crippen LogP contribution in [-0.2, 0) is 11.3 Å². The molecule has 1 unspecified atom stereocenters. The Hall–Kier alpha value is -1.59. The van der Waals surface area contributed by atoms with Gasteiger partial charge in [0, 0.05) is 26.2 Å². The highest BCUT2D eigenvalue weighted by Gasteiger charge is 2.19. The number of aryl methyl sites for hydroxylation is 1. The number of rotatable bonds is 7. The number of nitrogens with two attached hydrogens (primary N) is 1. The average Bonchev–Trinajstić information content (AvgIpc) is 2.56. The van der Waals surface area contributed by atoms with E-state index in [-0.39, 0.29) is 6.04 Å². The van der Waals surface area contributed by atoms with Gasteiger partial charge < -0.3 is 15.8 Å². The molecule has 134 valence electrons. The summed E-state index contributed by atoms with van der Waals surface area (Å²) in [5, 5.41) is 3.16. The molecule has 5 nitrogen and oxygen atoms in total. The molecular weight excluding hydrogens is 300 g/mol. The Morgan fingerprint density at radius 3 is 2.62 bits per heavy atom. The lowest BCUT2D eigenvalue weighted by Gasteiger charge is -2.31. The van der Waals surface area contributed by atoms with Gasteiger partial charge in [-0.05, 0) is 51.3 Å². The van der Waals surface area contributed by atoms with Gasteiger partial charge in [0.2, 0.25) is 0 Å². The first-order valence-electron chi connectivity index (χ1n) is 8.90. The Bertz CT molecular complexity index is 507. The summed E-state index contributed by atoms with van der Waals surface area (Å²) in [6.07, 6.45) is 2.38. The van der Waals surface area contributed by atoms with Gasteiger partial charge in [0.05, 0.1) is 6.61 Å². The van der Waals surface area contributed by atoms with Crippen LogP contribution in [0.5, 0.6) is 0 Å². The predicted molar refractivity (Wildman–Crippen MR) is 100 cm³/mol. The molecule has 0 amide bonds. The number of piperidine rings is 1. The summed E-state index contributed by atoms with van der Waals surface area (Å²) in [5.41, 5.74) is 8.66. The first-order valence-corrected chi connectivity index (χ1v) is 8.90. The molecule has 3 N–H and O–H groups in total. The first kappa shape index (κ1) is 18.7. The number of likely N-dealkylation sites (tertiary alicyclic amines) is 1. The zero-order chi connectivity index (χ0) is 17.4. The van der Waals surface area contributed by atoms with Crippen LogP contribution in [0, 0.1) is 12.8 Å². The minimum absolute atomic E-state index is 0.190. The van der Waals surface area contributed by atoms with Crippen molar-refractivity contribution in [2.75, 3.05) is 33.4 Å². The first-order chi connectivity index (χ1) is 11.6. The summed E-state index contributed by atoms with van der Waals surface area (Å²) >= 11 is 0. The van der Waals surface area contributed by atoms with E-state index >= 15 is 0 Å². The Labute approximate surface area is 146 Å². The Morgan fingerprint density at radius 2 is 2.00 bits per heavy atom. The van der Waals surface area contributed by atoms with E-state index < -0.39 is 0 Å². The van der Waals surface area contributed by atoms with Crippen LogP contribution in [-0.4, -0.2) is 50.3 Å². The lowest BCUT2D eigenvalue weighted by Crippen LogP contribution is -2.41. The van der Waals surface area contributed by atoms with Crippen molar-refractivity contribution in [2.45, 2.75) is 39.3 Å². The highest BCUT2D eigenvalue weighted by atomic mass is 16.5. The quantitative estimate of drug-likeness (QED) is 0.593. The minimum Gasteiger partial charge on any atom is -0.383 e. The molecule has 1 fully saturated rings. The van der Waals surface area contributed by atoms with E-state index in [1.165, 1.54) is 24.0 Å². The van der Waals surface area contributed by atoms with E-state index in [0.717, 1.165) is 26.2 Å². The van der Waals surface area contributed by atoms with Crippen molar-refractivity contribution in [1.29, 1.82) is 0 Å². The number of nitrogens with one attached hydrogen (secondary N) is 1. The van der Waals surface area contributed by atoms with Gasteiger partial charge in [-0.25, -0.2) is 0 Å². The van der Waals surface area contributed by atoms with Gasteiger partial charge in [-0.1, -0.05) is 29.8 Å². The maximum Gasteiger partial charge on any atom is 0.188 e. The van der Waals surface area contributed by atoms with Gasteiger partial charge >= 0.3 is 0 Å². The summed E-state index contributed by atoms with van der Waals surface area (Å²) in [6, 6.07) is 9.04. The topological polar surface area (TPSA) is 62.9 Å². The van der Waals surface area contributed by atoms with Crippen LogP contribution < -0.4 is 11.1 Å². The van der Waals surface area contributed by atoms with Crippen LogP contribution in [0.1, 0.15) is 30.9 Å². The molecule has 5 heteroatoms. The Balaban J connectivity index is 1.69. The summed E-state index contributed by atoms with van der Waals surface area (Å²) in [5.74, 6) is 1.17. The third kappa shape index (κ3) is 6.49. The lowest BCUT2D eigenvalue weighted by molar-refractivity contribution is 0.178. The van der Waals surface area contributed by atoms with Crippen LogP contribution in [0.2, 0.25) is 0 Å². The number of benzene rings is 1. The summed E-state index contributed by atoms with van der Waals surface area (Å²) < 4.78 is 5.09. The van der Waals surface area contributed by atoms with E-state index in [2.05, 4.69) is 46.4 Å². The van der Waals surface area contributed by atoms with Gasteiger partial charge in [-0.15, -0.1) is 0 Å². The van der Waals surface area contributed by atoms with Crippen molar-refractivity contribution in [2.24, 2.45) is 16.6 Å². The fourth-order valence-corrected chi connectivity index (χ4v) is 3.10. The second-order valence-corrected chi connectivity index (χ2v) is 6.93. The van der Waals surface area contributed by atoms with Crippen LogP contribution in [0.3, 0.4) is 0 Å². The highest BCUT2D eigenvalue weighted by Crippen LogP contribution is 2.19. The third-order valence-electron chi connectivity index (χ3n) is 4.56. The number of ether oxygens (including phenoxy) is 1. The summed E-state index contributed by atoms with van der Waals surface area (Å²) in [4.78, 5) is 7.03. The summed E-state index contributed by atoms with van der Waals surface area (Å²) in [7, 11) is 1.69. The standard InChI is InChI=1S/C19H32N4O/c1-15-4-6-18(7-5-15)13-23-10-8-17(9-11-23)12-21-19(20)22-16(2)14-24-3/h4-7,16-17H,8-14H2,1-3H3,(H3,20,21,22). The van der Waals surface area contributed by atoms with Crippen LogP contribution in [0.15, 0.2) is 29.3 Å². The second kappa shape index (κ2) is 9.64. The molecule has 1 heterocycles. The van der Waals surface area contributed by atoms with Gasteiger partial charge in [-0.2, -0.15) is 0 Å². The fourth-order valence-electron chi connectivity index (χ4n) is 3.10. The summed E-state index contributed by atoms with van der Waals surface area (Å²) in [6.45, 7) is 8.95. The van der Waals surface area contributed by atoms with Crippen molar-refractivity contribution in [3.63, 3.8) is 0 Å². The Morgan fingerprint density at radius 1 is 1.33 bits per heavy atom. The number of aliphatic imine (C=N–C) groups is 1. The van der Waals surface area contributed by atoms with Crippen LogP contribution in [0.4, 0.5) is 0 Å². The monoisotopic (exact) mass is 332 g/mol. The fraction of sp³-hybridized carbons (Fsp3) is 0.632. The molecule has 24 heavy (non-hydrogen) atoms. The number of nitrogens with zero attached hydrogens (tertiary/aromatic N) is 2. The van der Waals surface area contributed by atoms with Crippen molar-refractivity contribution in [3.05, 3.63) is 35.4 Å². The van der Waals surface area contributed by atoms with Crippen molar-refractivity contribution in [1.82, 2.24) is 10.2 Å². The molecule has 2 rings (SSSR count). The molecule has 1 aromatic rings. The van der Waals surface area contributed by atoms with E-state index in [9.17, 15) is 0 Å². The molecule has 1 aliphatic heterocycles. The van der Waals surface area contributed by atoms with E-state index in [4.69, 9.17) is 10.5 Å². The average molecular weight is 332 g/mol.